The van der Waals surface area contributed by atoms with Crippen LogP contribution in [-0.4, -0.2) is 10.9 Å². The molecule has 20 heavy (non-hydrogen) atoms. The number of nitrogens with zero attached hydrogens (tertiary/aromatic N) is 1. The molecule has 1 aliphatic rings. The Morgan fingerprint density at radius 2 is 2.05 bits per heavy atom. The molecule has 1 heterocycles. The standard InChI is InChI=1S/C14H12F2N2OS/c15-9-5-3-4-8(12(9)16)13(19)18-14-17-10-6-1-2-7-11(10)20-14/h3-5H,1-2,6-7H2,(H,17,18,19). The number of carbonyl (C=O) groups is 1. The number of hydrogen-bond donors (Lipinski definition) is 1. The highest BCUT2D eigenvalue weighted by atomic mass is 32.1. The van der Waals surface area contributed by atoms with E-state index in [4.69, 9.17) is 0 Å². The van der Waals surface area contributed by atoms with E-state index in [1.54, 1.807) is 0 Å². The van der Waals surface area contributed by atoms with Crippen LogP contribution in [0.5, 0.6) is 0 Å². The monoisotopic (exact) mass is 294 g/mol. The summed E-state index contributed by atoms with van der Waals surface area (Å²) in [6.07, 6.45) is 4.11. The van der Waals surface area contributed by atoms with E-state index in [2.05, 4.69) is 10.3 Å². The van der Waals surface area contributed by atoms with Gasteiger partial charge in [0, 0.05) is 4.88 Å². The first-order valence-corrected chi connectivity index (χ1v) is 7.21. The molecular formula is C14H12F2N2OS. The third kappa shape index (κ3) is 2.43. The fraction of sp³-hybridized carbons (Fsp3) is 0.286. The van der Waals surface area contributed by atoms with Gasteiger partial charge in [0.05, 0.1) is 11.3 Å². The molecule has 0 atom stereocenters. The van der Waals surface area contributed by atoms with Crippen LogP contribution in [0.1, 0.15) is 33.8 Å². The van der Waals surface area contributed by atoms with Crippen LogP contribution in [0.2, 0.25) is 0 Å². The molecule has 1 aromatic heterocycles. The van der Waals surface area contributed by atoms with Crippen molar-refractivity contribution >= 4 is 22.4 Å². The van der Waals surface area contributed by atoms with Crippen LogP contribution < -0.4 is 5.32 Å². The van der Waals surface area contributed by atoms with E-state index >= 15 is 0 Å². The number of rotatable bonds is 2. The van der Waals surface area contributed by atoms with Crippen molar-refractivity contribution in [1.82, 2.24) is 4.98 Å². The molecule has 3 rings (SSSR count). The number of halogens is 2. The van der Waals surface area contributed by atoms with Crippen LogP contribution in [0.25, 0.3) is 0 Å². The fourth-order valence-corrected chi connectivity index (χ4v) is 3.29. The van der Waals surface area contributed by atoms with Crippen LogP contribution in [0.15, 0.2) is 18.2 Å². The van der Waals surface area contributed by atoms with Crippen LogP contribution in [0.3, 0.4) is 0 Å². The number of thiazole rings is 1. The number of nitrogens with one attached hydrogen (secondary N) is 1. The van der Waals surface area contributed by atoms with Gasteiger partial charge in [-0.05, 0) is 37.8 Å². The van der Waals surface area contributed by atoms with E-state index in [1.807, 2.05) is 0 Å². The molecule has 6 heteroatoms. The zero-order valence-corrected chi connectivity index (χ0v) is 11.4. The third-order valence-corrected chi connectivity index (χ3v) is 4.34. The lowest BCUT2D eigenvalue weighted by atomic mass is 10.0. The number of hydrogen-bond acceptors (Lipinski definition) is 3. The fourth-order valence-electron chi connectivity index (χ4n) is 2.25. The number of amides is 1. The van der Waals surface area contributed by atoms with Crippen molar-refractivity contribution < 1.29 is 13.6 Å². The normalized spacial score (nSPS) is 13.9. The van der Waals surface area contributed by atoms with Gasteiger partial charge in [-0.2, -0.15) is 0 Å². The first-order valence-electron chi connectivity index (χ1n) is 6.39. The molecule has 0 unspecified atom stereocenters. The van der Waals surface area contributed by atoms with Crippen LogP contribution in [0, 0.1) is 11.6 Å². The number of aryl methyl sites for hydroxylation is 2. The number of anilines is 1. The van der Waals surface area contributed by atoms with Crippen LogP contribution in [0.4, 0.5) is 13.9 Å². The Bertz CT molecular complexity index is 646. The first kappa shape index (κ1) is 13.2. The van der Waals surface area contributed by atoms with Gasteiger partial charge in [0.15, 0.2) is 16.8 Å². The van der Waals surface area contributed by atoms with Crippen molar-refractivity contribution in [1.29, 1.82) is 0 Å². The van der Waals surface area contributed by atoms with E-state index in [0.717, 1.165) is 37.4 Å². The summed E-state index contributed by atoms with van der Waals surface area (Å²) in [4.78, 5) is 17.5. The van der Waals surface area contributed by atoms with Gasteiger partial charge in [-0.25, -0.2) is 13.8 Å². The predicted molar refractivity (Wildman–Crippen MR) is 73.1 cm³/mol. The molecule has 0 bridgehead atoms. The van der Waals surface area contributed by atoms with Crippen molar-refractivity contribution in [3.8, 4) is 0 Å². The van der Waals surface area contributed by atoms with Gasteiger partial charge in [0.25, 0.3) is 5.91 Å². The summed E-state index contributed by atoms with van der Waals surface area (Å²) in [5.74, 6) is -2.84. The Hall–Kier alpha value is -1.82. The van der Waals surface area contributed by atoms with Crippen molar-refractivity contribution in [2.24, 2.45) is 0 Å². The van der Waals surface area contributed by atoms with Crippen molar-refractivity contribution in [2.45, 2.75) is 25.7 Å². The molecule has 1 aliphatic carbocycles. The largest absolute Gasteiger partial charge is 0.298 e. The van der Waals surface area contributed by atoms with Gasteiger partial charge in [-0.15, -0.1) is 11.3 Å². The lowest BCUT2D eigenvalue weighted by Crippen LogP contribution is -2.14. The lowest BCUT2D eigenvalue weighted by molar-refractivity contribution is 0.102. The Balaban J connectivity index is 1.82. The number of carbonyl (C=O) groups excluding carboxylic acids is 1. The minimum Gasteiger partial charge on any atom is -0.298 e. The SMILES string of the molecule is O=C(Nc1nc2c(s1)CCCC2)c1cccc(F)c1F. The molecule has 1 N–H and O–H groups in total. The van der Waals surface area contributed by atoms with E-state index < -0.39 is 17.5 Å². The van der Waals surface area contributed by atoms with Gasteiger partial charge < -0.3 is 0 Å². The van der Waals surface area contributed by atoms with Gasteiger partial charge >= 0.3 is 0 Å². The molecule has 0 saturated heterocycles. The van der Waals surface area contributed by atoms with Crippen LogP contribution >= 0.6 is 11.3 Å². The summed E-state index contributed by atoms with van der Waals surface area (Å²) >= 11 is 1.41. The van der Waals surface area contributed by atoms with Crippen molar-refractivity contribution in [3.05, 3.63) is 46.0 Å². The molecule has 104 valence electrons. The third-order valence-electron chi connectivity index (χ3n) is 3.26. The molecule has 0 aliphatic heterocycles. The molecule has 0 fully saturated rings. The average Bonchev–Trinajstić information content (AvgIpc) is 2.83. The van der Waals surface area contributed by atoms with E-state index in [0.29, 0.717) is 5.13 Å². The molecule has 2 aromatic rings. The maximum Gasteiger partial charge on any atom is 0.260 e. The van der Waals surface area contributed by atoms with E-state index in [9.17, 15) is 13.6 Å². The smallest absolute Gasteiger partial charge is 0.260 e. The molecule has 0 radical (unpaired) electrons. The Morgan fingerprint density at radius 3 is 2.85 bits per heavy atom. The quantitative estimate of drug-likeness (QED) is 0.920. The van der Waals surface area contributed by atoms with E-state index in [1.165, 1.54) is 28.3 Å². The Labute approximate surface area is 118 Å². The zero-order chi connectivity index (χ0) is 14.1. The summed E-state index contributed by atoms with van der Waals surface area (Å²) in [6, 6.07) is 3.54. The Kier molecular flexibility index (Phi) is 3.48. The van der Waals surface area contributed by atoms with Gasteiger partial charge in [-0.3, -0.25) is 10.1 Å². The van der Waals surface area contributed by atoms with Gasteiger partial charge in [0.1, 0.15) is 0 Å². The highest BCUT2D eigenvalue weighted by Crippen LogP contribution is 2.29. The molecule has 3 nitrogen and oxygen atoms in total. The number of fused-ring (bicyclic) bond motifs is 1. The summed E-state index contributed by atoms with van der Waals surface area (Å²) in [5.41, 5.74) is 0.703. The minimum atomic E-state index is -1.13. The minimum absolute atomic E-state index is 0.307. The predicted octanol–water partition coefficient (Wildman–Crippen LogP) is 3.55. The van der Waals surface area contributed by atoms with Gasteiger partial charge in [0.2, 0.25) is 0 Å². The second-order valence-electron chi connectivity index (χ2n) is 4.65. The topological polar surface area (TPSA) is 42.0 Å². The van der Waals surface area contributed by atoms with Crippen molar-refractivity contribution in [3.63, 3.8) is 0 Å². The highest BCUT2D eigenvalue weighted by Gasteiger charge is 2.19. The average molecular weight is 294 g/mol. The number of aromatic nitrogens is 1. The Morgan fingerprint density at radius 1 is 1.25 bits per heavy atom. The summed E-state index contributed by atoms with van der Waals surface area (Å²) < 4.78 is 26.6. The molecule has 0 spiro atoms. The second-order valence-corrected chi connectivity index (χ2v) is 5.74. The molecule has 1 amide bonds. The summed E-state index contributed by atoms with van der Waals surface area (Å²) in [7, 11) is 0. The van der Waals surface area contributed by atoms with Crippen LogP contribution in [-0.2, 0) is 12.8 Å². The zero-order valence-electron chi connectivity index (χ0n) is 10.6. The van der Waals surface area contributed by atoms with Crippen molar-refractivity contribution in [2.75, 3.05) is 5.32 Å². The molecule has 1 aromatic carbocycles. The highest BCUT2D eigenvalue weighted by molar-refractivity contribution is 7.15. The molecular weight excluding hydrogens is 282 g/mol. The van der Waals surface area contributed by atoms with Gasteiger partial charge in [-0.1, -0.05) is 6.07 Å². The van der Waals surface area contributed by atoms with E-state index in [-0.39, 0.29) is 5.56 Å². The lowest BCUT2D eigenvalue weighted by Gasteiger charge is -2.06. The summed E-state index contributed by atoms with van der Waals surface area (Å²) in [5, 5.41) is 2.99. The maximum atomic E-state index is 13.5. The summed E-state index contributed by atoms with van der Waals surface area (Å²) in [6.45, 7) is 0. The molecule has 0 saturated carbocycles. The second kappa shape index (κ2) is 5.28. The first-order chi connectivity index (χ1) is 9.65. The number of benzene rings is 1. The maximum absolute atomic E-state index is 13.5.